The van der Waals surface area contributed by atoms with E-state index in [1.54, 1.807) is 0 Å². The molecule has 3 N–H and O–H groups in total. The Morgan fingerprint density at radius 2 is 2.07 bits per heavy atom. The van der Waals surface area contributed by atoms with Gasteiger partial charge in [-0.1, -0.05) is 11.8 Å². The van der Waals surface area contributed by atoms with E-state index < -0.39 is 17.4 Å². The van der Waals surface area contributed by atoms with Crippen LogP contribution >= 0.6 is 0 Å². The van der Waals surface area contributed by atoms with Crippen LogP contribution in [-0.2, 0) is 0 Å². The van der Waals surface area contributed by atoms with Crippen LogP contribution in [0.25, 0.3) is 0 Å². The summed E-state index contributed by atoms with van der Waals surface area (Å²) >= 11 is 0. The van der Waals surface area contributed by atoms with Gasteiger partial charge in [-0.15, -0.1) is 0 Å². The molecule has 4 heteroatoms. The second-order valence-corrected chi connectivity index (χ2v) is 2.63. The van der Waals surface area contributed by atoms with E-state index in [0.29, 0.717) is 13.0 Å². The molecular weight excluding hydrogens is 188 g/mol. The number of hydrogen-bond donors (Lipinski definition) is 2. The van der Waals surface area contributed by atoms with Crippen molar-refractivity contribution in [3.8, 4) is 17.6 Å². The predicted molar refractivity (Wildman–Crippen MR) is 48.6 cm³/mol. The maximum Gasteiger partial charge on any atom is 0.200 e. The van der Waals surface area contributed by atoms with Gasteiger partial charge in [-0.05, 0) is 12.1 Å². The van der Waals surface area contributed by atoms with E-state index in [1.807, 2.05) is 0 Å². The lowest BCUT2D eigenvalue weighted by atomic mass is 10.2. The van der Waals surface area contributed by atoms with E-state index >= 15 is 0 Å². The fourth-order valence-electron chi connectivity index (χ4n) is 0.883. The summed E-state index contributed by atoms with van der Waals surface area (Å²) in [7, 11) is 0. The Morgan fingerprint density at radius 1 is 1.36 bits per heavy atom. The molecule has 1 aromatic carbocycles. The summed E-state index contributed by atoms with van der Waals surface area (Å²) < 4.78 is 25.3. The summed E-state index contributed by atoms with van der Waals surface area (Å²) in [6.07, 6.45) is 0.472. The van der Waals surface area contributed by atoms with Gasteiger partial charge in [0.1, 0.15) is 0 Å². The molecule has 1 aromatic rings. The lowest BCUT2D eigenvalue weighted by molar-refractivity contribution is 0.407. The maximum atomic E-state index is 12.7. The number of benzene rings is 1. The largest absolute Gasteiger partial charge is 0.505 e. The first-order chi connectivity index (χ1) is 6.65. The molecule has 0 amide bonds. The standard InChI is InChI=1S/C10H9F2NO/c11-8-5-7(3-1-2-4-13)6-9(14)10(8)12/h5-6,14H,2,4,13H2. The van der Waals surface area contributed by atoms with Crippen molar-refractivity contribution in [1.82, 2.24) is 0 Å². The van der Waals surface area contributed by atoms with Crippen molar-refractivity contribution in [3.63, 3.8) is 0 Å². The van der Waals surface area contributed by atoms with Gasteiger partial charge in [-0.2, -0.15) is 4.39 Å². The molecule has 0 aromatic heterocycles. The monoisotopic (exact) mass is 197 g/mol. The van der Waals surface area contributed by atoms with Crippen LogP contribution in [0.4, 0.5) is 8.78 Å². The molecule has 14 heavy (non-hydrogen) atoms. The van der Waals surface area contributed by atoms with E-state index in [9.17, 15) is 8.78 Å². The second-order valence-electron chi connectivity index (χ2n) is 2.63. The number of aromatic hydroxyl groups is 1. The van der Waals surface area contributed by atoms with Crippen LogP contribution in [-0.4, -0.2) is 11.7 Å². The maximum absolute atomic E-state index is 12.7. The van der Waals surface area contributed by atoms with E-state index in [1.165, 1.54) is 0 Å². The highest BCUT2D eigenvalue weighted by atomic mass is 19.2. The molecule has 0 radical (unpaired) electrons. The third-order valence-corrected chi connectivity index (χ3v) is 1.51. The van der Waals surface area contributed by atoms with Gasteiger partial charge in [0, 0.05) is 18.5 Å². The summed E-state index contributed by atoms with van der Waals surface area (Å²) in [5.41, 5.74) is 5.42. The summed E-state index contributed by atoms with van der Waals surface area (Å²) in [5, 5.41) is 8.93. The van der Waals surface area contributed by atoms with Crippen LogP contribution in [0.5, 0.6) is 5.75 Å². The average molecular weight is 197 g/mol. The number of halogens is 2. The third kappa shape index (κ3) is 2.44. The summed E-state index contributed by atoms with van der Waals surface area (Å²) in [6, 6.07) is 2.00. The zero-order valence-electron chi connectivity index (χ0n) is 7.35. The molecule has 0 atom stereocenters. The number of rotatable bonds is 1. The van der Waals surface area contributed by atoms with Gasteiger partial charge in [0.05, 0.1) is 0 Å². The molecule has 0 bridgehead atoms. The Labute approximate surface area is 80.4 Å². The molecule has 2 nitrogen and oxygen atoms in total. The highest BCUT2D eigenvalue weighted by Crippen LogP contribution is 2.19. The number of phenolic OH excluding ortho intramolecular Hbond substituents is 1. The zero-order valence-corrected chi connectivity index (χ0v) is 7.35. The molecule has 0 aliphatic rings. The van der Waals surface area contributed by atoms with Gasteiger partial charge < -0.3 is 10.8 Å². The number of phenols is 1. The fourth-order valence-corrected chi connectivity index (χ4v) is 0.883. The first-order valence-electron chi connectivity index (χ1n) is 4.02. The smallest absolute Gasteiger partial charge is 0.200 e. The van der Waals surface area contributed by atoms with Crippen LogP contribution < -0.4 is 5.73 Å². The average Bonchev–Trinajstić information content (AvgIpc) is 2.14. The minimum Gasteiger partial charge on any atom is -0.505 e. The Bertz CT molecular complexity index is 370. The van der Waals surface area contributed by atoms with E-state index in [2.05, 4.69) is 11.8 Å². The van der Waals surface area contributed by atoms with Crippen LogP contribution in [0.15, 0.2) is 12.1 Å². The Hall–Kier alpha value is -1.60. The number of nitrogens with two attached hydrogens (primary N) is 1. The molecule has 1 rings (SSSR count). The highest BCUT2D eigenvalue weighted by Gasteiger charge is 2.07. The highest BCUT2D eigenvalue weighted by molar-refractivity contribution is 5.40. The SMILES string of the molecule is NCCC#Cc1cc(O)c(F)c(F)c1. The lowest BCUT2D eigenvalue weighted by Gasteiger charge is -1.97. The molecule has 0 aliphatic heterocycles. The molecule has 0 aliphatic carbocycles. The summed E-state index contributed by atoms with van der Waals surface area (Å²) in [4.78, 5) is 0. The first kappa shape index (κ1) is 10.5. The van der Waals surface area contributed by atoms with E-state index in [4.69, 9.17) is 10.8 Å². The van der Waals surface area contributed by atoms with Crippen LogP contribution in [0.1, 0.15) is 12.0 Å². The van der Waals surface area contributed by atoms with Crippen molar-refractivity contribution in [1.29, 1.82) is 0 Å². The second kappa shape index (κ2) is 4.58. The van der Waals surface area contributed by atoms with Crippen molar-refractivity contribution in [2.45, 2.75) is 6.42 Å². The number of hydrogen-bond acceptors (Lipinski definition) is 2. The molecule has 0 unspecified atom stereocenters. The fraction of sp³-hybridized carbons (Fsp3) is 0.200. The van der Waals surface area contributed by atoms with Crippen LogP contribution in [0, 0.1) is 23.5 Å². The van der Waals surface area contributed by atoms with Gasteiger partial charge in [0.25, 0.3) is 0 Å². The van der Waals surface area contributed by atoms with Crippen molar-refractivity contribution in [2.75, 3.05) is 6.54 Å². The first-order valence-corrected chi connectivity index (χ1v) is 4.02. The molecule has 0 saturated carbocycles. The molecule has 0 heterocycles. The topological polar surface area (TPSA) is 46.2 Å². The van der Waals surface area contributed by atoms with Crippen molar-refractivity contribution in [2.24, 2.45) is 5.73 Å². The quantitative estimate of drug-likeness (QED) is 0.668. The zero-order chi connectivity index (χ0) is 10.6. The molecule has 0 saturated heterocycles. The van der Waals surface area contributed by atoms with Crippen LogP contribution in [0.2, 0.25) is 0 Å². The Kier molecular flexibility index (Phi) is 3.43. The third-order valence-electron chi connectivity index (χ3n) is 1.51. The molecule has 0 spiro atoms. The normalized spacial score (nSPS) is 9.36. The Morgan fingerprint density at radius 3 is 2.64 bits per heavy atom. The van der Waals surface area contributed by atoms with Crippen molar-refractivity contribution >= 4 is 0 Å². The van der Waals surface area contributed by atoms with Gasteiger partial charge in [0.2, 0.25) is 0 Å². The minimum atomic E-state index is -1.26. The summed E-state index contributed by atoms with van der Waals surface area (Å²) in [6.45, 7) is 0.405. The summed E-state index contributed by atoms with van der Waals surface area (Å²) in [5.74, 6) is 2.11. The Balaban J connectivity index is 2.97. The van der Waals surface area contributed by atoms with Crippen molar-refractivity contribution in [3.05, 3.63) is 29.3 Å². The van der Waals surface area contributed by atoms with Crippen molar-refractivity contribution < 1.29 is 13.9 Å². The van der Waals surface area contributed by atoms with E-state index in [-0.39, 0.29) is 5.56 Å². The van der Waals surface area contributed by atoms with Gasteiger partial charge in [0.15, 0.2) is 17.4 Å². The van der Waals surface area contributed by atoms with Gasteiger partial charge in [-0.25, -0.2) is 4.39 Å². The minimum absolute atomic E-state index is 0.231. The van der Waals surface area contributed by atoms with E-state index in [0.717, 1.165) is 12.1 Å². The van der Waals surface area contributed by atoms with Gasteiger partial charge in [-0.3, -0.25) is 0 Å². The van der Waals surface area contributed by atoms with Crippen LogP contribution in [0.3, 0.4) is 0 Å². The molecule has 0 fully saturated rings. The lowest BCUT2D eigenvalue weighted by Crippen LogP contribution is -1.95. The molecule has 74 valence electrons. The molecular formula is C10H9F2NO. The predicted octanol–water partition coefficient (Wildman–Crippen LogP) is 1.37. The van der Waals surface area contributed by atoms with Gasteiger partial charge >= 0.3 is 0 Å².